The van der Waals surface area contributed by atoms with Gasteiger partial charge in [-0.2, -0.15) is 0 Å². The minimum atomic E-state index is -0.520. The summed E-state index contributed by atoms with van der Waals surface area (Å²) in [5, 5.41) is 1.04. The van der Waals surface area contributed by atoms with E-state index in [9.17, 15) is 9.59 Å². The van der Waals surface area contributed by atoms with Crippen molar-refractivity contribution in [1.29, 1.82) is 0 Å². The predicted molar refractivity (Wildman–Crippen MR) is 166 cm³/mol. The van der Waals surface area contributed by atoms with Gasteiger partial charge >= 0.3 is 11.9 Å². The monoisotopic (exact) mass is 578 g/mol. The second kappa shape index (κ2) is 14.4. The number of halogens is 2. The first kappa shape index (κ1) is 36.0. The molecule has 0 saturated heterocycles. The van der Waals surface area contributed by atoms with Crippen LogP contribution in [0.2, 0.25) is 10.0 Å². The molecular weight excluding hydrogens is 535 g/mol. The molecule has 2 rings (SSSR count). The van der Waals surface area contributed by atoms with Gasteiger partial charge in [-0.1, -0.05) is 49.3 Å². The fraction of sp³-hybridized carbons (Fsp3) is 0.419. The molecule has 0 aliphatic carbocycles. The lowest BCUT2D eigenvalue weighted by atomic mass is 10.00. The normalized spacial score (nSPS) is 11.5. The molecule has 2 aromatic rings. The maximum Gasteiger partial charge on any atom is 0.334 e. The van der Waals surface area contributed by atoms with Crippen molar-refractivity contribution in [3.05, 3.63) is 74.3 Å². The number of nitrogen functional groups attached to an aromatic ring is 2. The largest absolute Gasteiger partial charge is 0.457 e. The van der Waals surface area contributed by atoms with Crippen LogP contribution in [0, 0.1) is 13.8 Å². The minimum Gasteiger partial charge on any atom is -0.457 e. The van der Waals surface area contributed by atoms with Crippen molar-refractivity contribution in [3.8, 4) is 0 Å². The van der Waals surface area contributed by atoms with Crippen molar-refractivity contribution in [1.82, 2.24) is 0 Å². The molecule has 8 heteroatoms. The van der Waals surface area contributed by atoms with E-state index in [1.165, 1.54) is 0 Å². The summed E-state index contributed by atoms with van der Waals surface area (Å²) < 4.78 is 10.6. The van der Waals surface area contributed by atoms with Gasteiger partial charge in [-0.05, 0) is 103 Å². The highest BCUT2D eigenvalue weighted by molar-refractivity contribution is 6.33. The molecular formula is C31H44Cl2N2O4. The molecule has 6 nitrogen and oxygen atoms in total. The molecule has 0 heterocycles. The van der Waals surface area contributed by atoms with Gasteiger partial charge in [0.15, 0.2) is 0 Å². The van der Waals surface area contributed by atoms with E-state index in [2.05, 4.69) is 6.58 Å². The molecule has 39 heavy (non-hydrogen) atoms. The highest BCUT2D eigenvalue weighted by Crippen LogP contribution is 2.28. The maximum absolute atomic E-state index is 11.9. The van der Waals surface area contributed by atoms with Crippen LogP contribution in [0.15, 0.2) is 42.0 Å². The van der Waals surface area contributed by atoms with Crippen molar-refractivity contribution >= 4 is 52.6 Å². The summed E-state index contributed by atoms with van der Waals surface area (Å²) in [6.45, 7) is 20.2. The zero-order chi connectivity index (χ0) is 29.6. The highest BCUT2D eigenvalue weighted by atomic mass is 35.5. The Bertz CT molecular complexity index is 1240. The molecule has 0 bridgehead atoms. The Morgan fingerprint density at radius 3 is 1.77 bits per heavy atom. The zero-order valence-electron chi connectivity index (χ0n) is 23.8. The van der Waals surface area contributed by atoms with Crippen LogP contribution in [-0.4, -0.2) is 23.1 Å². The van der Waals surface area contributed by atoms with Gasteiger partial charge in [-0.3, -0.25) is 0 Å². The van der Waals surface area contributed by atoms with E-state index < -0.39 is 11.2 Å². The number of carbonyl (C=O) groups excluding carboxylic acids is 2. The average Bonchev–Trinajstić information content (AvgIpc) is 2.78. The van der Waals surface area contributed by atoms with Crippen LogP contribution in [0.4, 0.5) is 11.4 Å². The van der Waals surface area contributed by atoms with Crippen LogP contribution in [-0.2, 0) is 25.5 Å². The third kappa shape index (κ3) is 11.8. The third-order valence-electron chi connectivity index (χ3n) is 5.26. The molecule has 0 aliphatic heterocycles. The van der Waals surface area contributed by atoms with Gasteiger partial charge in [0.05, 0.1) is 21.4 Å². The Hall–Kier alpha value is -2.96. The Balaban J connectivity index is 0.000000722. The molecule has 0 saturated carbocycles. The number of anilines is 2. The lowest BCUT2D eigenvalue weighted by molar-refractivity contribution is -0.150. The van der Waals surface area contributed by atoms with Crippen LogP contribution < -0.4 is 11.5 Å². The van der Waals surface area contributed by atoms with Crippen molar-refractivity contribution < 1.29 is 19.1 Å². The predicted octanol–water partition coefficient (Wildman–Crippen LogP) is 8.28. The van der Waals surface area contributed by atoms with Crippen molar-refractivity contribution in [2.75, 3.05) is 11.5 Å². The third-order valence-corrected chi connectivity index (χ3v) is 5.92. The topological polar surface area (TPSA) is 105 Å². The zero-order valence-corrected chi connectivity index (χ0v) is 25.4. The molecule has 0 fully saturated rings. The van der Waals surface area contributed by atoms with E-state index >= 15 is 0 Å². The van der Waals surface area contributed by atoms with E-state index in [4.69, 9.17) is 44.1 Å². The summed E-state index contributed by atoms with van der Waals surface area (Å²) in [7, 11) is 0. The number of ether oxygens (including phenoxy) is 2. The van der Waals surface area contributed by atoms with Crippen LogP contribution in [0.5, 0.6) is 0 Å². The van der Waals surface area contributed by atoms with Crippen LogP contribution in [0.3, 0.4) is 0 Å². The molecule has 0 atom stereocenters. The van der Waals surface area contributed by atoms with E-state index in [-0.39, 0.29) is 19.4 Å². The number of nitrogens with two attached hydrogens (primary N) is 2. The second-order valence-corrected chi connectivity index (χ2v) is 11.8. The highest BCUT2D eigenvalue weighted by Gasteiger charge is 2.20. The maximum atomic E-state index is 11.9. The Labute approximate surface area is 244 Å². The summed E-state index contributed by atoms with van der Waals surface area (Å²) in [6, 6.07) is 7.13. The van der Waals surface area contributed by atoms with Gasteiger partial charge in [0.2, 0.25) is 0 Å². The standard InChI is InChI=1S/2C15H20ClNO2.CH4/c2*1-9(14(18)19-15(3,4)5)8-11-6-7-12(16)13(17)10(11)2;/h6-8H,17H2,1-5H3;6-7H,1,8,17H2,2-5H3;1H4/b9-8+;;. The molecule has 2 aromatic carbocycles. The van der Waals surface area contributed by atoms with Crippen molar-refractivity contribution in [2.24, 2.45) is 0 Å². The first-order valence-electron chi connectivity index (χ1n) is 12.1. The Morgan fingerprint density at radius 2 is 1.28 bits per heavy atom. The first-order chi connectivity index (χ1) is 17.2. The number of carbonyl (C=O) groups is 2. The molecule has 0 amide bonds. The fourth-order valence-corrected chi connectivity index (χ4v) is 3.51. The molecule has 0 aromatic heterocycles. The number of benzene rings is 2. The molecule has 4 N–H and O–H groups in total. The number of rotatable bonds is 5. The van der Waals surface area contributed by atoms with Gasteiger partial charge in [0, 0.05) is 17.6 Å². The first-order valence-corrected chi connectivity index (χ1v) is 12.9. The molecule has 0 spiro atoms. The van der Waals surface area contributed by atoms with Crippen molar-refractivity contribution in [3.63, 3.8) is 0 Å². The van der Waals surface area contributed by atoms with Gasteiger partial charge in [-0.25, -0.2) is 9.59 Å². The lowest BCUT2D eigenvalue weighted by Crippen LogP contribution is -2.25. The molecule has 0 aliphatic rings. The van der Waals surface area contributed by atoms with Gasteiger partial charge < -0.3 is 20.9 Å². The average molecular weight is 580 g/mol. The summed E-state index contributed by atoms with van der Waals surface area (Å²) in [4.78, 5) is 23.7. The summed E-state index contributed by atoms with van der Waals surface area (Å²) in [5.41, 5.74) is 16.2. The molecule has 216 valence electrons. The second-order valence-electron chi connectivity index (χ2n) is 11.0. The quantitative estimate of drug-likeness (QED) is 0.210. The van der Waals surface area contributed by atoms with E-state index in [1.807, 2.05) is 67.5 Å². The SMILES string of the molecule is C.C/C(=C\c1ccc(Cl)c(N)c1C)C(=O)OC(C)(C)C.C=C(Cc1ccc(Cl)c(N)c1C)C(=O)OC(C)(C)C. The summed E-state index contributed by atoms with van der Waals surface area (Å²) in [6.07, 6.45) is 2.16. The van der Waals surface area contributed by atoms with Crippen LogP contribution in [0.1, 0.15) is 78.1 Å². The smallest absolute Gasteiger partial charge is 0.334 e. The van der Waals surface area contributed by atoms with Crippen molar-refractivity contribution in [2.45, 2.75) is 87.4 Å². The van der Waals surface area contributed by atoms with Crippen LogP contribution in [0.25, 0.3) is 6.08 Å². The summed E-state index contributed by atoms with van der Waals surface area (Å²) in [5.74, 6) is -0.721. The number of esters is 2. The number of hydrogen-bond acceptors (Lipinski definition) is 6. The lowest BCUT2D eigenvalue weighted by Gasteiger charge is -2.20. The van der Waals surface area contributed by atoms with E-state index in [1.54, 1.807) is 25.1 Å². The van der Waals surface area contributed by atoms with E-state index in [0.717, 1.165) is 22.3 Å². The van der Waals surface area contributed by atoms with Gasteiger partial charge in [0.1, 0.15) is 11.2 Å². The summed E-state index contributed by atoms with van der Waals surface area (Å²) >= 11 is 11.9. The Kier molecular flexibility index (Phi) is 13.3. The van der Waals surface area contributed by atoms with Gasteiger partial charge in [-0.15, -0.1) is 0 Å². The fourth-order valence-electron chi connectivity index (χ4n) is 3.10. The van der Waals surface area contributed by atoms with Gasteiger partial charge in [0.25, 0.3) is 0 Å². The molecule has 0 unspecified atom stereocenters. The Morgan fingerprint density at radius 1 is 0.846 bits per heavy atom. The molecule has 0 radical (unpaired) electrons. The minimum absolute atomic E-state index is 0. The number of hydrogen-bond donors (Lipinski definition) is 2. The van der Waals surface area contributed by atoms with E-state index in [0.29, 0.717) is 39.0 Å². The van der Waals surface area contributed by atoms with Crippen LogP contribution >= 0.6 is 23.2 Å².